The molecule has 0 unspecified atom stereocenters. The predicted molar refractivity (Wildman–Crippen MR) is 103 cm³/mol. The van der Waals surface area contributed by atoms with Crippen molar-refractivity contribution in [1.82, 2.24) is 5.32 Å². The Morgan fingerprint density at radius 1 is 1.19 bits per heavy atom. The van der Waals surface area contributed by atoms with Gasteiger partial charge in [-0.05, 0) is 63.8 Å². The number of carbonyl (C=O) groups is 2. The summed E-state index contributed by atoms with van der Waals surface area (Å²) in [5.74, 6) is -0.606. The number of ether oxygens (including phenoxy) is 2. The molecule has 0 aromatic heterocycles. The lowest BCUT2D eigenvalue weighted by molar-refractivity contribution is -0.148. The number of rotatable bonds is 7. The molecule has 1 saturated carbocycles. The van der Waals surface area contributed by atoms with Gasteiger partial charge in [-0.3, -0.25) is 0 Å². The van der Waals surface area contributed by atoms with Crippen LogP contribution >= 0.6 is 0 Å². The average molecular weight is 378 g/mol. The highest BCUT2D eigenvalue weighted by Crippen LogP contribution is 2.37. The number of amides is 1. The minimum Gasteiger partial charge on any atom is -0.493 e. The summed E-state index contributed by atoms with van der Waals surface area (Å²) in [6.07, 6.45) is 2.84. The first-order valence-electron chi connectivity index (χ1n) is 9.35. The molecule has 0 saturated heterocycles. The highest BCUT2D eigenvalue weighted by molar-refractivity contribution is 5.85. The number of anilines is 1. The predicted octanol–water partition coefficient (Wildman–Crippen LogP) is 3.58. The molecule has 0 spiro atoms. The number of nitrogens with one attached hydrogen (secondary N) is 1. The highest BCUT2D eigenvalue weighted by Gasteiger charge is 2.48. The zero-order chi connectivity index (χ0) is 20.1. The van der Waals surface area contributed by atoms with Crippen LogP contribution in [-0.2, 0) is 9.53 Å². The molecule has 150 valence electrons. The van der Waals surface area contributed by atoms with Gasteiger partial charge in [-0.15, -0.1) is 0 Å². The lowest BCUT2D eigenvalue weighted by atomic mass is 9.80. The Balaban J connectivity index is 2.13. The molecule has 4 N–H and O–H groups in total. The number of carbonyl (C=O) groups excluding carboxylic acids is 1. The molecule has 0 heterocycles. The van der Waals surface area contributed by atoms with Gasteiger partial charge in [-0.2, -0.15) is 0 Å². The van der Waals surface area contributed by atoms with Crippen LogP contribution in [0.5, 0.6) is 5.75 Å². The quantitative estimate of drug-likeness (QED) is 0.626. The number of benzene rings is 1. The Kier molecular flexibility index (Phi) is 6.57. The maximum atomic E-state index is 12.4. The molecule has 7 heteroatoms. The number of hydrogen-bond donors (Lipinski definition) is 3. The average Bonchev–Trinajstić information content (AvgIpc) is 3.08. The molecule has 0 radical (unpaired) electrons. The van der Waals surface area contributed by atoms with Gasteiger partial charge in [0.05, 0.1) is 6.61 Å². The molecule has 1 aromatic carbocycles. The largest absolute Gasteiger partial charge is 0.493 e. The summed E-state index contributed by atoms with van der Waals surface area (Å²) in [5.41, 5.74) is 4.17. The minimum atomic E-state index is -1.41. The Labute approximate surface area is 160 Å². The first kappa shape index (κ1) is 20.9. The highest BCUT2D eigenvalue weighted by atomic mass is 16.6. The summed E-state index contributed by atoms with van der Waals surface area (Å²) in [6.45, 7) is 5.39. The van der Waals surface area contributed by atoms with E-state index in [4.69, 9.17) is 15.2 Å². The van der Waals surface area contributed by atoms with Crippen molar-refractivity contribution in [2.45, 2.75) is 64.0 Å². The van der Waals surface area contributed by atoms with Crippen LogP contribution in [-0.4, -0.2) is 34.9 Å². The van der Waals surface area contributed by atoms with E-state index >= 15 is 0 Å². The van der Waals surface area contributed by atoms with Crippen molar-refractivity contribution < 1.29 is 24.2 Å². The van der Waals surface area contributed by atoms with Crippen molar-refractivity contribution >= 4 is 17.7 Å². The van der Waals surface area contributed by atoms with Crippen LogP contribution in [0, 0.1) is 5.92 Å². The van der Waals surface area contributed by atoms with Crippen LogP contribution in [0.25, 0.3) is 0 Å². The lowest BCUT2D eigenvalue weighted by Gasteiger charge is -2.36. The Morgan fingerprint density at radius 3 is 2.30 bits per heavy atom. The van der Waals surface area contributed by atoms with E-state index in [1.54, 1.807) is 45.0 Å². The number of carboxylic acid groups (broad SMARTS) is 1. The zero-order valence-electron chi connectivity index (χ0n) is 16.3. The minimum absolute atomic E-state index is 0.149. The van der Waals surface area contributed by atoms with Crippen molar-refractivity contribution in [3.63, 3.8) is 0 Å². The van der Waals surface area contributed by atoms with Crippen LogP contribution in [0.1, 0.15) is 52.9 Å². The third-order valence-corrected chi connectivity index (χ3v) is 4.80. The fourth-order valence-electron chi connectivity index (χ4n) is 3.50. The Bertz CT molecular complexity index is 647. The second kappa shape index (κ2) is 8.50. The number of nitrogen functional groups attached to an aromatic ring is 1. The maximum absolute atomic E-state index is 12.4. The molecule has 2 rings (SSSR count). The first-order chi connectivity index (χ1) is 12.6. The number of carboxylic acids is 1. The molecule has 0 bridgehead atoms. The smallest absolute Gasteiger partial charge is 0.408 e. The second-order valence-electron chi connectivity index (χ2n) is 8.05. The van der Waals surface area contributed by atoms with Crippen LogP contribution in [0.15, 0.2) is 24.3 Å². The van der Waals surface area contributed by atoms with Crippen LogP contribution in [0.4, 0.5) is 10.5 Å². The van der Waals surface area contributed by atoms with E-state index < -0.39 is 23.2 Å². The Morgan fingerprint density at radius 2 is 1.78 bits per heavy atom. The van der Waals surface area contributed by atoms with E-state index in [1.807, 2.05) is 0 Å². The summed E-state index contributed by atoms with van der Waals surface area (Å²) in [5, 5.41) is 12.7. The van der Waals surface area contributed by atoms with Crippen molar-refractivity contribution in [1.29, 1.82) is 0 Å². The second-order valence-corrected chi connectivity index (χ2v) is 8.05. The molecule has 1 fully saturated rings. The van der Waals surface area contributed by atoms with Crippen molar-refractivity contribution in [3.8, 4) is 5.75 Å². The normalized spacial score (nSPS) is 17.1. The fraction of sp³-hybridized carbons (Fsp3) is 0.600. The lowest BCUT2D eigenvalue weighted by Crippen LogP contribution is -2.60. The van der Waals surface area contributed by atoms with Gasteiger partial charge in [-0.1, -0.05) is 12.8 Å². The van der Waals surface area contributed by atoms with Gasteiger partial charge >= 0.3 is 12.1 Å². The molecule has 27 heavy (non-hydrogen) atoms. The van der Waals surface area contributed by atoms with Gasteiger partial charge in [0.1, 0.15) is 16.9 Å². The first-order valence-corrected chi connectivity index (χ1v) is 9.35. The standard InChI is InChI=1S/C20H30N2O5/c1-19(2,3)27-18(25)22-20(17(23)24,14-6-4-5-7-14)12-13-26-16-10-8-15(21)9-11-16/h8-11,14H,4-7,12-13,21H2,1-3H3,(H,22,25)(H,23,24)/t20-/m0/s1. The van der Waals surface area contributed by atoms with Gasteiger partial charge in [0.25, 0.3) is 0 Å². The van der Waals surface area contributed by atoms with Gasteiger partial charge in [0.15, 0.2) is 0 Å². The van der Waals surface area contributed by atoms with E-state index in [0.29, 0.717) is 11.4 Å². The molecule has 1 aliphatic rings. The van der Waals surface area contributed by atoms with E-state index in [-0.39, 0.29) is 18.9 Å². The molecular weight excluding hydrogens is 348 g/mol. The number of alkyl carbamates (subject to hydrolysis) is 1. The third kappa shape index (κ3) is 5.77. The topological polar surface area (TPSA) is 111 Å². The summed E-state index contributed by atoms with van der Waals surface area (Å²) in [7, 11) is 0. The van der Waals surface area contributed by atoms with Gasteiger partial charge in [0.2, 0.25) is 0 Å². The van der Waals surface area contributed by atoms with Gasteiger partial charge in [0, 0.05) is 12.1 Å². The molecule has 1 aliphatic carbocycles. The van der Waals surface area contributed by atoms with Crippen LogP contribution in [0.2, 0.25) is 0 Å². The fourth-order valence-corrected chi connectivity index (χ4v) is 3.50. The summed E-state index contributed by atoms with van der Waals surface area (Å²) < 4.78 is 11.0. The summed E-state index contributed by atoms with van der Waals surface area (Å²) >= 11 is 0. The zero-order valence-corrected chi connectivity index (χ0v) is 16.3. The molecule has 0 aliphatic heterocycles. The Hall–Kier alpha value is -2.44. The van der Waals surface area contributed by atoms with Crippen molar-refractivity contribution in [3.05, 3.63) is 24.3 Å². The maximum Gasteiger partial charge on any atom is 0.408 e. The van der Waals surface area contributed by atoms with E-state index in [9.17, 15) is 14.7 Å². The summed E-state index contributed by atoms with van der Waals surface area (Å²) in [4.78, 5) is 24.6. The van der Waals surface area contributed by atoms with Crippen LogP contribution < -0.4 is 15.8 Å². The SMILES string of the molecule is CC(C)(C)OC(=O)N[C@](CCOc1ccc(N)cc1)(C(=O)O)C1CCCC1. The van der Waals surface area contributed by atoms with E-state index in [0.717, 1.165) is 25.7 Å². The number of hydrogen-bond acceptors (Lipinski definition) is 5. The molecule has 1 aromatic rings. The van der Waals surface area contributed by atoms with Crippen LogP contribution in [0.3, 0.4) is 0 Å². The summed E-state index contributed by atoms with van der Waals surface area (Å²) in [6, 6.07) is 6.90. The van der Waals surface area contributed by atoms with Crippen molar-refractivity contribution in [2.75, 3.05) is 12.3 Å². The van der Waals surface area contributed by atoms with Gasteiger partial charge in [-0.25, -0.2) is 9.59 Å². The molecule has 1 atom stereocenters. The van der Waals surface area contributed by atoms with E-state index in [2.05, 4.69) is 5.32 Å². The van der Waals surface area contributed by atoms with Crippen molar-refractivity contribution in [2.24, 2.45) is 5.92 Å². The van der Waals surface area contributed by atoms with E-state index in [1.165, 1.54) is 0 Å². The molecule has 1 amide bonds. The third-order valence-electron chi connectivity index (χ3n) is 4.80. The molecular formula is C20H30N2O5. The monoisotopic (exact) mass is 378 g/mol. The molecule has 7 nitrogen and oxygen atoms in total. The van der Waals surface area contributed by atoms with Gasteiger partial charge < -0.3 is 25.6 Å². The number of aliphatic carboxylic acids is 1. The number of nitrogens with two attached hydrogens (primary N) is 1.